The number of hydrogen-bond donors (Lipinski definition) is 3. The molecular weight excluding hydrogens is 500 g/mol. The monoisotopic (exact) mass is 534 g/mol. The summed E-state index contributed by atoms with van der Waals surface area (Å²) in [6.45, 7) is 10.8. The third-order valence-corrected chi connectivity index (χ3v) is 12.1. The van der Waals surface area contributed by atoms with E-state index in [9.17, 15) is 9.90 Å². The normalized spacial score (nSPS) is 20.2. The highest BCUT2D eigenvalue weighted by molar-refractivity contribution is 6.74. The highest BCUT2D eigenvalue weighted by Gasteiger charge is 2.45. The van der Waals surface area contributed by atoms with Crippen molar-refractivity contribution in [3.63, 3.8) is 0 Å². The van der Waals surface area contributed by atoms with Gasteiger partial charge in [0, 0.05) is 11.8 Å². The minimum Gasteiger partial charge on any atom is -0.411 e. The van der Waals surface area contributed by atoms with Crippen LogP contribution in [0.25, 0.3) is 21.9 Å². The molecule has 10 nitrogen and oxygen atoms in total. The topological polar surface area (TPSA) is 123 Å². The van der Waals surface area contributed by atoms with Crippen molar-refractivity contribution < 1.29 is 19.1 Å². The van der Waals surface area contributed by atoms with Gasteiger partial charge in [0.2, 0.25) is 0 Å². The third kappa shape index (κ3) is 5.02. The summed E-state index contributed by atoms with van der Waals surface area (Å²) in [5.74, 6) is 0.289. The molecule has 0 unspecified atom stereocenters. The first-order valence-corrected chi connectivity index (χ1v) is 15.7. The molecule has 1 aliphatic heterocycles. The molecule has 1 saturated heterocycles. The molecule has 5 rings (SSSR count). The van der Waals surface area contributed by atoms with Crippen molar-refractivity contribution in [2.75, 3.05) is 17.2 Å². The summed E-state index contributed by atoms with van der Waals surface area (Å²) in [5.41, 5.74) is 1.66. The molecule has 1 aliphatic rings. The number of aliphatic hydroxyl groups is 1. The van der Waals surface area contributed by atoms with E-state index < -0.39 is 26.7 Å². The largest absolute Gasteiger partial charge is 0.411 e. The van der Waals surface area contributed by atoms with Gasteiger partial charge in [-0.2, -0.15) is 0 Å². The average molecular weight is 535 g/mol. The predicted octanol–water partition coefficient (Wildman–Crippen LogP) is 5.29. The maximum Gasteiger partial charge on any atom is 0.324 e. The smallest absolute Gasteiger partial charge is 0.324 e. The Kier molecular flexibility index (Phi) is 6.95. The van der Waals surface area contributed by atoms with E-state index in [1.807, 2.05) is 47.0 Å². The molecular formula is C27H34N6O4Si. The molecule has 11 heteroatoms. The van der Waals surface area contributed by atoms with Crippen molar-refractivity contribution in [2.24, 2.45) is 0 Å². The lowest BCUT2D eigenvalue weighted by Crippen LogP contribution is -2.46. The number of urea groups is 1. The van der Waals surface area contributed by atoms with Gasteiger partial charge in [0.05, 0.1) is 24.7 Å². The molecule has 200 valence electrons. The summed E-state index contributed by atoms with van der Waals surface area (Å²) >= 11 is 0. The molecule has 0 aliphatic carbocycles. The Morgan fingerprint density at radius 2 is 1.89 bits per heavy atom. The molecule has 38 heavy (non-hydrogen) atoms. The number of carbonyl (C=O) groups is 1. The number of nitrogens with one attached hydrogen (secondary N) is 2. The number of imidazole rings is 1. The maximum atomic E-state index is 12.9. The zero-order valence-corrected chi connectivity index (χ0v) is 23.3. The molecule has 2 aromatic carbocycles. The van der Waals surface area contributed by atoms with E-state index in [0.29, 0.717) is 23.3 Å². The summed E-state index contributed by atoms with van der Waals surface area (Å²) < 4.78 is 14.6. The molecule has 2 amide bonds. The highest BCUT2D eigenvalue weighted by Crippen LogP contribution is 2.41. The van der Waals surface area contributed by atoms with Gasteiger partial charge < -0.3 is 19.6 Å². The van der Waals surface area contributed by atoms with E-state index in [-0.39, 0.29) is 23.6 Å². The fraction of sp³-hybridized carbons (Fsp3) is 0.407. The van der Waals surface area contributed by atoms with E-state index >= 15 is 0 Å². The van der Waals surface area contributed by atoms with Crippen LogP contribution in [0.15, 0.2) is 55.1 Å². The van der Waals surface area contributed by atoms with Crippen molar-refractivity contribution in [1.29, 1.82) is 0 Å². The van der Waals surface area contributed by atoms with E-state index in [1.165, 1.54) is 6.33 Å². The van der Waals surface area contributed by atoms with Gasteiger partial charge in [0.25, 0.3) is 0 Å². The second-order valence-electron chi connectivity index (χ2n) is 11.1. The SMILES string of the molecule is CC(C)(C)[Si](C)(C)O[C@H]1C[C@H](n2cnc3c(NC(=O)Nc4cccc5ccccc45)ncnc32)O[C@@H]1CO. The number of aromatic nitrogens is 4. The van der Waals surface area contributed by atoms with Crippen LogP contribution < -0.4 is 10.6 Å². The van der Waals surface area contributed by atoms with Crippen LogP contribution in [0.1, 0.15) is 33.4 Å². The van der Waals surface area contributed by atoms with Crippen molar-refractivity contribution in [2.45, 2.75) is 63.8 Å². The summed E-state index contributed by atoms with van der Waals surface area (Å²) in [7, 11) is -2.07. The standard InChI is InChI=1S/C27H34N6O4Si/c1-27(2,3)38(4,5)37-20-13-22(36-21(20)14-34)33-16-30-23-24(28-15-29-25(23)33)32-26(35)31-19-12-8-10-17-9-6-7-11-18(17)19/h6-12,15-16,20-22,34H,13-14H2,1-5H3,(H2,28,29,31,32,35)/t20-,21+,22+/m0/s1. The van der Waals surface area contributed by atoms with Crippen LogP contribution in [0.4, 0.5) is 16.3 Å². The first kappa shape index (κ1) is 26.2. The number of fused-ring (bicyclic) bond motifs is 2. The Morgan fingerprint density at radius 3 is 2.66 bits per heavy atom. The Bertz CT molecular complexity index is 1460. The van der Waals surface area contributed by atoms with E-state index in [4.69, 9.17) is 9.16 Å². The predicted molar refractivity (Wildman–Crippen MR) is 150 cm³/mol. The Labute approximate surface area is 222 Å². The summed E-state index contributed by atoms with van der Waals surface area (Å²) in [4.78, 5) is 26.0. The number of carbonyl (C=O) groups excluding carboxylic acids is 1. The van der Waals surface area contributed by atoms with E-state index in [2.05, 4.69) is 59.5 Å². The fourth-order valence-electron chi connectivity index (χ4n) is 4.46. The van der Waals surface area contributed by atoms with Crippen LogP contribution in [-0.2, 0) is 9.16 Å². The third-order valence-electron chi connectivity index (χ3n) is 7.55. The van der Waals surface area contributed by atoms with E-state index in [0.717, 1.165) is 10.8 Å². The van der Waals surface area contributed by atoms with Crippen molar-refractivity contribution >= 4 is 47.8 Å². The van der Waals surface area contributed by atoms with Gasteiger partial charge in [-0.15, -0.1) is 0 Å². The number of benzene rings is 2. The number of ether oxygens (including phenoxy) is 1. The van der Waals surface area contributed by atoms with Crippen LogP contribution in [0.3, 0.4) is 0 Å². The Balaban J connectivity index is 1.35. The second kappa shape index (κ2) is 10.1. The molecule has 4 aromatic rings. The summed E-state index contributed by atoms with van der Waals surface area (Å²) in [6, 6.07) is 13.1. The zero-order chi connectivity index (χ0) is 27.1. The van der Waals surface area contributed by atoms with Gasteiger partial charge in [-0.25, -0.2) is 19.7 Å². The van der Waals surface area contributed by atoms with Gasteiger partial charge in [0.15, 0.2) is 25.3 Å². The lowest BCUT2D eigenvalue weighted by Gasteiger charge is -2.39. The number of anilines is 2. The van der Waals surface area contributed by atoms with Gasteiger partial charge in [-0.3, -0.25) is 9.88 Å². The molecule has 0 radical (unpaired) electrons. The molecule has 3 atom stereocenters. The van der Waals surface area contributed by atoms with Gasteiger partial charge >= 0.3 is 6.03 Å². The van der Waals surface area contributed by atoms with Crippen molar-refractivity contribution in [1.82, 2.24) is 19.5 Å². The fourth-order valence-corrected chi connectivity index (χ4v) is 5.82. The number of rotatable bonds is 6. The molecule has 1 fully saturated rings. The lowest BCUT2D eigenvalue weighted by molar-refractivity contribution is -0.0410. The maximum absolute atomic E-state index is 12.9. The zero-order valence-electron chi connectivity index (χ0n) is 22.3. The Morgan fingerprint density at radius 1 is 1.13 bits per heavy atom. The summed E-state index contributed by atoms with van der Waals surface area (Å²) in [5, 5.41) is 17.7. The quantitative estimate of drug-likeness (QED) is 0.287. The highest BCUT2D eigenvalue weighted by atomic mass is 28.4. The van der Waals surface area contributed by atoms with Gasteiger partial charge in [-0.05, 0) is 29.6 Å². The van der Waals surface area contributed by atoms with E-state index in [1.54, 1.807) is 6.33 Å². The van der Waals surface area contributed by atoms with Crippen LogP contribution >= 0.6 is 0 Å². The van der Waals surface area contributed by atoms with Crippen LogP contribution in [0.5, 0.6) is 0 Å². The van der Waals surface area contributed by atoms with Crippen LogP contribution in [0, 0.1) is 0 Å². The van der Waals surface area contributed by atoms with Crippen molar-refractivity contribution in [3.8, 4) is 0 Å². The first-order chi connectivity index (χ1) is 18.1. The summed E-state index contributed by atoms with van der Waals surface area (Å²) in [6.07, 6.45) is 2.46. The number of amides is 2. The number of aliphatic hydroxyl groups excluding tert-OH is 1. The minimum absolute atomic E-state index is 0.0349. The second-order valence-corrected chi connectivity index (χ2v) is 15.9. The van der Waals surface area contributed by atoms with Crippen molar-refractivity contribution in [3.05, 3.63) is 55.1 Å². The molecule has 0 bridgehead atoms. The van der Waals surface area contributed by atoms with Gasteiger partial charge in [-0.1, -0.05) is 57.2 Å². The molecule has 2 aromatic heterocycles. The number of hydrogen-bond acceptors (Lipinski definition) is 7. The molecule has 0 saturated carbocycles. The van der Waals surface area contributed by atoms with Crippen LogP contribution in [0.2, 0.25) is 18.1 Å². The number of nitrogens with zero attached hydrogens (tertiary/aromatic N) is 4. The van der Waals surface area contributed by atoms with Gasteiger partial charge in [0.1, 0.15) is 18.7 Å². The van der Waals surface area contributed by atoms with Crippen LogP contribution in [-0.4, -0.2) is 57.8 Å². The molecule has 3 N–H and O–H groups in total. The lowest BCUT2D eigenvalue weighted by atomic mass is 10.1. The minimum atomic E-state index is -2.07. The Hall–Kier alpha value is -3.38. The molecule has 0 spiro atoms. The first-order valence-electron chi connectivity index (χ1n) is 12.7. The average Bonchev–Trinajstić information content (AvgIpc) is 3.47. The molecule has 3 heterocycles.